The third-order valence-corrected chi connectivity index (χ3v) is 3.94. The van der Waals surface area contributed by atoms with Crippen LogP contribution in [-0.2, 0) is 4.79 Å². The van der Waals surface area contributed by atoms with Gasteiger partial charge in [-0.3, -0.25) is 15.0 Å². The van der Waals surface area contributed by atoms with E-state index in [1.165, 1.54) is 24.9 Å². The van der Waals surface area contributed by atoms with Crippen LogP contribution < -0.4 is 15.1 Å². The van der Waals surface area contributed by atoms with Gasteiger partial charge >= 0.3 is 6.03 Å². The van der Waals surface area contributed by atoms with Crippen LogP contribution >= 0.6 is 0 Å². The molecule has 106 valence electrons. The maximum Gasteiger partial charge on any atom is 0.328 e. The Balaban J connectivity index is 1.72. The maximum absolute atomic E-state index is 11.8. The smallest absolute Gasteiger partial charge is 0.328 e. The van der Waals surface area contributed by atoms with Crippen LogP contribution in [0.1, 0.15) is 25.7 Å². The number of imide groups is 1. The molecule has 2 aliphatic rings. The minimum Gasteiger partial charge on any atom is -0.372 e. The Morgan fingerprint density at radius 1 is 0.850 bits per heavy atom. The van der Waals surface area contributed by atoms with E-state index in [1.807, 2.05) is 12.1 Å². The number of carbonyl (C=O) groups is 2. The fourth-order valence-corrected chi connectivity index (χ4v) is 2.81. The van der Waals surface area contributed by atoms with Gasteiger partial charge in [-0.1, -0.05) is 0 Å². The number of anilines is 2. The van der Waals surface area contributed by atoms with Crippen LogP contribution in [0.2, 0.25) is 0 Å². The largest absolute Gasteiger partial charge is 0.372 e. The lowest BCUT2D eigenvalue weighted by molar-refractivity contribution is -0.120. The van der Waals surface area contributed by atoms with Gasteiger partial charge in [0, 0.05) is 37.4 Å². The first-order valence-corrected chi connectivity index (χ1v) is 7.20. The zero-order valence-electron chi connectivity index (χ0n) is 11.5. The maximum atomic E-state index is 11.8. The highest BCUT2D eigenvalue weighted by Crippen LogP contribution is 2.24. The molecule has 3 amide bonds. The molecule has 5 nitrogen and oxygen atoms in total. The third-order valence-electron chi connectivity index (χ3n) is 3.94. The summed E-state index contributed by atoms with van der Waals surface area (Å²) in [6.07, 6.45) is 4.17. The summed E-state index contributed by atoms with van der Waals surface area (Å²) in [5.41, 5.74) is 2.05. The second-order valence-electron chi connectivity index (χ2n) is 5.32. The second-order valence-corrected chi connectivity index (χ2v) is 5.32. The summed E-state index contributed by atoms with van der Waals surface area (Å²) >= 11 is 0. The number of hydrogen-bond donors (Lipinski definition) is 1. The van der Waals surface area contributed by atoms with Gasteiger partial charge in [-0.05, 0) is 43.5 Å². The summed E-state index contributed by atoms with van der Waals surface area (Å²) in [5.74, 6) is -0.198. The molecular formula is C15H19N3O2. The van der Waals surface area contributed by atoms with Crippen LogP contribution in [-0.4, -0.2) is 31.6 Å². The van der Waals surface area contributed by atoms with Gasteiger partial charge in [0.2, 0.25) is 5.91 Å². The van der Waals surface area contributed by atoms with Gasteiger partial charge in [0.1, 0.15) is 0 Å². The predicted molar refractivity (Wildman–Crippen MR) is 78.0 cm³/mol. The monoisotopic (exact) mass is 273 g/mol. The van der Waals surface area contributed by atoms with E-state index < -0.39 is 0 Å². The molecule has 1 N–H and O–H groups in total. The molecule has 0 radical (unpaired) electrons. The summed E-state index contributed by atoms with van der Waals surface area (Å²) in [6, 6.07) is 7.71. The summed E-state index contributed by atoms with van der Waals surface area (Å²) in [4.78, 5) is 26.9. The standard InChI is InChI=1S/C15H19N3O2/c19-14-8-11-18(15(20)16-14)13-6-4-12(5-7-13)17-9-2-1-3-10-17/h4-7H,1-3,8-11H2,(H,16,19,20). The van der Waals surface area contributed by atoms with Crippen molar-refractivity contribution in [3.63, 3.8) is 0 Å². The third kappa shape index (κ3) is 2.61. The highest BCUT2D eigenvalue weighted by molar-refractivity contribution is 6.05. The van der Waals surface area contributed by atoms with Crippen LogP contribution in [0.5, 0.6) is 0 Å². The average Bonchev–Trinajstić information content (AvgIpc) is 2.48. The number of amides is 3. The van der Waals surface area contributed by atoms with E-state index in [4.69, 9.17) is 0 Å². The van der Waals surface area contributed by atoms with Gasteiger partial charge < -0.3 is 4.90 Å². The average molecular weight is 273 g/mol. The number of nitrogens with one attached hydrogen (secondary N) is 1. The zero-order chi connectivity index (χ0) is 13.9. The molecule has 0 spiro atoms. The van der Waals surface area contributed by atoms with Crippen molar-refractivity contribution in [1.82, 2.24) is 5.32 Å². The molecule has 1 aromatic carbocycles. The Kier molecular flexibility index (Phi) is 3.58. The quantitative estimate of drug-likeness (QED) is 0.898. The van der Waals surface area contributed by atoms with E-state index >= 15 is 0 Å². The van der Waals surface area contributed by atoms with Crippen molar-refractivity contribution in [2.75, 3.05) is 29.4 Å². The van der Waals surface area contributed by atoms with Crippen LogP contribution in [0.15, 0.2) is 24.3 Å². The normalized spacial score (nSPS) is 20.0. The molecular weight excluding hydrogens is 254 g/mol. The molecule has 1 aromatic rings. The summed E-state index contributed by atoms with van der Waals surface area (Å²) < 4.78 is 0. The Morgan fingerprint density at radius 2 is 1.50 bits per heavy atom. The number of nitrogens with zero attached hydrogens (tertiary/aromatic N) is 2. The van der Waals surface area contributed by atoms with Crippen LogP contribution in [0, 0.1) is 0 Å². The fraction of sp³-hybridized carbons (Fsp3) is 0.467. The number of rotatable bonds is 2. The molecule has 3 rings (SSSR count). The number of carbonyl (C=O) groups excluding carboxylic acids is 2. The van der Waals surface area contributed by atoms with Crippen molar-refractivity contribution in [2.45, 2.75) is 25.7 Å². The summed E-state index contributed by atoms with van der Waals surface area (Å²) in [5, 5.41) is 2.34. The lowest BCUT2D eigenvalue weighted by Gasteiger charge is -2.30. The molecule has 2 heterocycles. The van der Waals surface area contributed by atoms with Crippen LogP contribution in [0.3, 0.4) is 0 Å². The second kappa shape index (κ2) is 5.53. The minimum absolute atomic E-state index is 0.198. The number of benzene rings is 1. The first-order chi connectivity index (χ1) is 9.74. The molecule has 2 aliphatic heterocycles. The van der Waals surface area contributed by atoms with Crippen molar-refractivity contribution in [3.8, 4) is 0 Å². The molecule has 0 aliphatic carbocycles. The highest BCUT2D eigenvalue weighted by atomic mass is 16.2. The minimum atomic E-state index is -0.327. The van der Waals surface area contributed by atoms with Crippen molar-refractivity contribution in [1.29, 1.82) is 0 Å². The first-order valence-electron chi connectivity index (χ1n) is 7.20. The van der Waals surface area contributed by atoms with Crippen molar-refractivity contribution in [2.24, 2.45) is 0 Å². The summed E-state index contributed by atoms with van der Waals surface area (Å²) in [6.45, 7) is 2.67. The molecule has 2 fully saturated rings. The lowest BCUT2D eigenvalue weighted by atomic mass is 10.1. The van der Waals surface area contributed by atoms with E-state index in [0.717, 1.165) is 18.8 Å². The Labute approximate surface area is 118 Å². The van der Waals surface area contributed by atoms with Crippen molar-refractivity contribution < 1.29 is 9.59 Å². The Morgan fingerprint density at radius 3 is 2.15 bits per heavy atom. The number of urea groups is 1. The Hall–Kier alpha value is -2.04. The van der Waals surface area contributed by atoms with Gasteiger partial charge in [0.25, 0.3) is 0 Å². The van der Waals surface area contributed by atoms with Gasteiger partial charge in [0.15, 0.2) is 0 Å². The van der Waals surface area contributed by atoms with Gasteiger partial charge in [-0.25, -0.2) is 4.79 Å². The van der Waals surface area contributed by atoms with Crippen LogP contribution in [0.25, 0.3) is 0 Å². The van der Waals surface area contributed by atoms with Gasteiger partial charge in [-0.2, -0.15) is 0 Å². The Bertz CT molecular complexity index is 506. The van der Waals surface area contributed by atoms with E-state index in [9.17, 15) is 9.59 Å². The predicted octanol–water partition coefficient (Wildman–Crippen LogP) is 2.12. The zero-order valence-corrected chi connectivity index (χ0v) is 11.5. The van der Waals surface area contributed by atoms with E-state index in [1.54, 1.807) is 4.90 Å². The van der Waals surface area contributed by atoms with Crippen molar-refractivity contribution in [3.05, 3.63) is 24.3 Å². The number of piperidine rings is 1. The SMILES string of the molecule is O=C1CCN(c2ccc(N3CCCCC3)cc2)C(=O)N1. The molecule has 20 heavy (non-hydrogen) atoms. The van der Waals surface area contributed by atoms with Crippen LogP contribution in [0.4, 0.5) is 16.2 Å². The van der Waals surface area contributed by atoms with Gasteiger partial charge in [-0.15, -0.1) is 0 Å². The summed E-state index contributed by atoms with van der Waals surface area (Å²) in [7, 11) is 0. The molecule has 5 heteroatoms. The molecule has 0 aromatic heterocycles. The first kappa shape index (κ1) is 13.0. The van der Waals surface area contributed by atoms with E-state index in [0.29, 0.717) is 13.0 Å². The number of hydrogen-bond acceptors (Lipinski definition) is 3. The molecule has 0 unspecified atom stereocenters. The highest BCUT2D eigenvalue weighted by Gasteiger charge is 2.24. The molecule has 2 saturated heterocycles. The molecule has 0 saturated carbocycles. The molecule has 0 bridgehead atoms. The van der Waals surface area contributed by atoms with Gasteiger partial charge in [0.05, 0.1) is 0 Å². The molecule has 0 atom stereocenters. The van der Waals surface area contributed by atoms with E-state index in [-0.39, 0.29) is 11.9 Å². The van der Waals surface area contributed by atoms with Crippen molar-refractivity contribution >= 4 is 23.3 Å². The lowest BCUT2D eigenvalue weighted by Crippen LogP contribution is -2.49. The topological polar surface area (TPSA) is 52.7 Å². The van der Waals surface area contributed by atoms with E-state index in [2.05, 4.69) is 22.3 Å². The fourth-order valence-electron chi connectivity index (χ4n) is 2.81.